The first kappa shape index (κ1) is 20.2. The van der Waals surface area contributed by atoms with E-state index in [2.05, 4.69) is 41.4 Å². The number of likely N-dealkylation sites (tertiary alicyclic amines) is 1. The van der Waals surface area contributed by atoms with Crippen molar-refractivity contribution < 1.29 is 9.84 Å². The van der Waals surface area contributed by atoms with Gasteiger partial charge in [0.05, 0.1) is 25.4 Å². The predicted octanol–water partition coefficient (Wildman–Crippen LogP) is 3.19. The van der Waals surface area contributed by atoms with Crippen LogP contribution < -0.4 is 5.32 Å². The number of nitrogens with zero attached hydrogens (tertiary/aromatic N) is 2. The van der Waals surface area contributed by atoms with Gasteiger partial charge in [-0.2, -0.15) is 0 Å². The second kappa shape index (κ2) is 10.1. The molecule has 1 atom stereocenters. The van der Waals surface area contributed by atoms with E-state index < -0.39 is 5.60 Å². The first-order valence-corrected chi connectivity index (χ1v) is 10.6. The number of guanidine groups is 1. The molecule has 3 rings (SSSR count). The average Bonchev–Trinajstić information content (AvgIpc) is 3.15. The van der Waals surface area contributed by atoms with E-state index in [1.165, 1.54) is 12.0 Å². The molecule has 150 valence electrons. The average molecular weight is 374 g/mol. The summed E-state index contributed by atoms with van der Waals surface area (Å²) in [5.41, 5.74) is 0.625. The van der Waals surface area contributed by atoms with E-state index in [1.54, 1.807) is 0 Å². The van der Waals surface area contributed by atoms with Crippen LogP contribution in [0.25, 0.3) is 0 Å². The summed E-state index contributed by atoms with van der Waals surface area (Å²) in [6.45, 7) is 6.90. The summed E-state index contributed by atoms with van der Waals surface area (Å²) in [5.74, 6) is 1.48. The summed E-state index contributed by atoms with van der Waals surface area (Å²) in [6, 6.07) is 10.3. The zero-order valence-electron chi connectivity index (χ0n) is 16.7. The van der Waals surface area contributed by atoms with Gasteiger partial charge in [0.15, 0.2) is 5.96 Å². The molecule has 1 aromatic rings. The van der Waals surface area contributed by atoms with Crippen LogP contribution in [0.5, 0.6) is 0 Å². The van der Waals surface area contributed by atoms with Crippen LogP contribution in [0.4, 0.5) is 0 Å². The number of hydrogen-bond donors (Lipinski definition) is 2. The molecule has 0 bridgehead atoms. The Hall–Kier alpha value is -1.59. The van der Waals surface area contributed by atoms with Crippen LogP contribution in [-0.2, 0) is 11.3 Å². The van der Waals surface area contributed by atoms with Crippen LogP contribution in [-0.4, -0.2) is 54.4 Å². The zero-order chi connectivity index (χ0) is 19.0. The van der Waals surface area contributed by atoms with Crippen LogP contribution >= 0.6 is 0 Å². The van der Waals surface area contributed by atoms with Crippen LogP contribution in [0.3, 0.4) is 0 Å². The largest absolute Gasteiger partial charge is 0.388 e. The molecule has 2 aliphatic rings. The van der Waals surface area contributed by atoms with Gasteiger partial charge in [-0.1, -0.05) is 49.6 Å². The number of aliphatic imine (C=N–C) groups is 1. The summed E-state index contributed by atoms with van der Waals surface area (Å²) in [5, 5.41) is 14.1. The Morgan fingerprint density at radius 1 is 1.26 bits per heavy atom. The Morgan fingerprint density at radius 2 is 2.04 bits per heavy atom. The van der Waals surface area contributed by atoms with E-state index in [9.17, 15) is 5.11 Å². The van der Waals surface area contributed by atoms with Crippen molar-refractivity contribution in [3.63, 3.8) is 0 Å². The highest BCUT2D eigenvalue weighted by atomic mass is 16.5. The number of nitrogens with one attached hydrogen (secondary N) is 1. The van der Waals surface area contributed by atoms with Gasteiger partial charge in [-0.3, -0.25) is 4.99 Å². The second-order valence-corrected chi connectivity index (χ2v) is 8.06. The molecule has 0 aromatic heterocycles. The minimum absolute atomic E-state index is 0.515. The van der Waals surface area contributed by atoms with Gasteiger partial charge in [-0.15, -0.1) is 0 Å². The summed E-state index contributed by atoms with van der Waals surface area (Å²) < 4.78 is 5.94. The molecule has 2 N–H and O–H groups in total. The fourth-order valence-electron chi connectivity index (χ4n) is 4.09. The maximum Gasteiger partial charge on any atom is 0.194 e. The summed E-state index contributed by atoms with van der Waals surface area (Å²) >= 11 is 0. The second-order valence-electron chi connectivity index (χ2n) is 8.06. The van der Waals surface area contributed by atoms with Gasteiger partial charge >= 0.3 is 0 Å². The van der Waals surface area contributed by atoms with Crippen molar-refractivity contribution in [2.45, 2.75) is 57.7 Å². The predicted molar refractivity (Wildman–Crippen MR) is 110 cm³/mol. The van der Waals surface area contributed by atoms with Gasteiger partial charge in [-0.25, -0.2) is 0 Å². The maximum atomic E-state index is 10.7. The Kier molecular flexibility index (Phi) is 7.53. The minimum Gasteiger partial charge on any atom is -0.388 e. The highest BCUT2D eigenvalue weighted by Gasteiger charge is 2.30. The fraction of sp³-hybridized carbons (Fsp3) is 0.682. The minimum atomic E-state index is -0.600. The quantitative estimate of drug-likeness (QED) is 0.569. The lowest BCUT2D eigenvalue weighted by Crippen LogP contribution is -2.42. The normalized spacial score (nSPS) is 22.8. The fourth-order valence-corrected chi connectivity index (χ4v) is 4.09. The molecule has 2 fully saturated rings. The topological polar surface area (TPSA) is 57.1 Å². The third-order valence-corrected chi connectivity index (χ3v) is 5.69. The lowest BCUT2D eigenvalue weighted by atomic mass is 9.85. The number of benzene rings is 1. The van der Waals surface area contributed by atoms with Gasteiger partial charge in [0.1, 0.15) is 0 Å². The Balaban J connectivity index is 1.47. The molecule has 1 aromatic carbocycles. The first-order valence-electron chi connectivity index (χ1n) is 10.6. The van der Waals surface area contributed by atoms with Crippen molar-refractivity contribution in [2.75, 3.05) is 32.8 Å². The third kappa shape index (κ3) is 6.22. The molecule has 1 aliphatic carbocycles. The number of aliphatic hydroxyl groups is 1. The smallest absolute Gasteiger partial charge is 0.194 e. The van der Waals surface area contributed by atoms with Crippen LogP contribution in [0.2, 0.25) is 0 Å². The van der Waals surface area contributed by atoms with Crippen molar-refractivity contribution in [3.8, 4) is 0 Å². The maximum absolute atomic E-state index is 10.7. The van der Waals surface area contributed by atoms with Crippen LogP contribution in [0.1, 0.15) is 51.0 Å². The van der Waals surface area contributed by atoms with E-state index in [4.69, 9.17) is 9.73 Å². The van der Waals surface area contributed by atoms with Gasteiger partial charge in [0.25, 0.3) is 0 Å². The molecule has 5 heteroatoms. The first-order chi connectivity index (χ1) is 13.2. The van der Waals surface area contributed by atoms with E-state index in [1.807, 2.05) is 6.07 Å². The number of hydrogen-bond acceptors (Lipinski definition) is 3. The van der Waals surface area contributed by atoms with Gasteiger partial charge < -0.3 is 20.1 Å². The summed E-state index contributed by atoms with van der Waals surface area (Å²) in [4.78, 5) is 7.12. The monoisotopic (exact) mass is 373 g/mol. The van der Waals surface area contributed by atoms with Gasteiger partial charge in [-0.05, 0) is 31.7 Å². The molecule has 1 aliphatic heterocycles. The molecule has 5 nitrogen and oxygen atoms in total. The van der Waals surface area contributed by atoms with Crippen molar-refractivity contribution in [1.82, 2.24) is 10.2 Å². The lowest BCUT2D eigenvalue weighted by Gasteiger charge is -2.31. The molecule has 1 heterocycles. The molecule has 0 amide bonds. The molecule has 1 unspecified atom stereocenters. The van der Waals surface area contributed by atoms with E-state index in [0.717, 1.165) is 64.3 Å². The van der Waals surface area contributed by atoms with E-state index in [-0.39, 0.29) is 0 Å². The highest BCUT2D eigenvalue weighted by molar-refractivity contribution is 5.80. The van der Waals surface area contributed by atoms with E-state index >= 15 is 0 Å². The van der Waals surface area contributed by atoms with Crippen molar-refractivity contribution in [3.05, 3.63) is 35.9 Å². The Labute approximate surface area is 163 Å². The van der Waals surface area contributed by atoms with Crippen molar-refractivity contribution in [1.29, 1.82) is 0 Å². The van der Waals surface area contributed by atoms with Gasteiger partial charge in [0, 0.05) is 25.6 Å². The zero-order valence-corrected chi connectivity index (χ0v) is 16.7. The van der Waals surface area contributed by atoms with Crippen LogP contribution in [0.15, 0.2) is 35.3 Å². The molecular weight excluding hydrogens is 338 g/mol. The standard InChI is InChI=1S/C22H35N3O2/c1-2-23-21(24-18-22(26)12-7-4-8-13-22)25-14-11-20(15-25)17-27-16-19-9-5-3-6-10-19/h3,5-6,9-10,20,26H,2,4,7-8,11-18H2,1H3,(H,23,24). The van der Waals surface area contributed by atoms with Gasteiger partial charge in [0.2, 0.25) is 0 Å². The van der Waals surface area contributed by atoms with Crippen molar-refractivity contribution >= 4 is 5.96 Å². The Bertz CT molecular complexity index is 584. The van der Waals surface area contributed by atoms with Crippen molar-refractivity contribution in [2.24, 2.45) is 10.9 Å². The van der Waals surface area contributed by atoms with E-state index in [0.29, 0.717) is 19.1 Å². The summed E-state index contributed by atoms with van der Waals surface area (Å²) in [7, 11) is 0. The molecule has 1 saturated heterocycles. The molecule has 0 radical (unpaired) electrons. The highest BCUT2D eigenvalue weighted by Crippen LogP contribution is 2.28. The number of ether oxygens (including phenoxy) is 1. The lowest BCUT2D eigenvalue weighted by molar-refractivity contribution is 0.0130. The Morgan fingerprint density at radius 3 is 2.78 bits per heavy atom. The van der Waals surface area contributed by atoms with Crippen LogP contribution in [0, 0.1) is 5.92 Å². The molecule has 0 spiro atoms. The number of rotatable bonds is 7. The third-order valence-electron chi connectivity index (χ3n) is 5.69. The summed E-state index contributed by atoms with van der Waals surface area (Å²) in [6.07, 6.45) is 6.37. The molecule has 27 heavy (non-hydrogen) atoms. The molecular formula is C22H35N3O2. The molecule has 1 saturated carbocycles. The SMILES string of the molecule is CCNC(=NCC1(O)CCCCC1)N1CCC(COCc2ccccc2)C1.